The summed E-state index contributed by atoms with van der Waals surface area (Å²) in [6.07, 6.45) is 6.56. The van der Waals surface area contributed by atoms with Crippen molar-refractivity contribution in [1.29, 1.82) is 0 Å². The van der Waals surface area contributed by atoms with Crippen molar-refractivity contribution in [1.82, 2.24) is 4.98 Å². The van der Waals surface area contributed by atoms with Gasteiger partial charge in [0.25, 0.3) is 0 Å². The lowest BCUT2D eigenvalue weighted by molar-refractivity contribution is 0.0849. The van der Waals surface area contributed by atoms with E-state index in [1.165, 1.54) is 6.42 Å². The van der Waals surface area contributed by atoms with Gasteiger partial charge in [0.1, 0.15) is 0 Å². The molecule has 1 heterocycles. The summed E-state index contributed by atoms with van der Waals surface area (Å²) in [7, 11) is 0. The molecule has 0 aliphatic heterocycles. The van der Waals surface area contributed by atoms with Crippen LogP contribution in [-0.4, -0.2) is 16.3 Å². The molecule has 1 saturated carbocycles. The molecule has 19 heavy (non-hydrogen) atoms. The van der Waals surface area contributed by atoms with E-state index in [-0.39, 0.29) is 5.78 Å². The number of para-hydroxylation sites is 1. The average Bonchev–Trinajstić information content (AvgIpc) is 2.47. The summed E-state index contributed by atoms with van der Waals surface area (Å²) in [6, 6.07) is 9.59. The Balaban J connectivity index is 2.06. The number of fused-ring (bicyclic) bond motifs is 1. The van der Waals surface area contributed by atoms with E-state index in [2.05, 4.69) is 4.98 Å². The molecule has 3 rings (SSSR count). The first-order valence-electron chi connectivity index (χ1n) is 6.88. The van der Waals surface area contributed by atoms with Gasteiger partial charge in [-0.2, -0.15) is 0 Å². The minimum atomic E-state index is -0.690. The van der Waals surface area contributed by atoms with Gasteiger partial charge in [-0.1, -0.05) is 37.5 Å². The Kier molecular flexibility index (Phi) is 3.07. The number of Topliss-reactive ketones (excluding diaryl/α,β-unsaturated/α-hetero) is 1. The van der Waals surface area contributed by atoms with E-state index >= 15 is 0 Å². The largest absolute Gasteiger partial charge is 0.319 e. The zero-order chi connectivity index (χ0) is 13.3. The minimum absolute atomic E-state index is 0.0523. The molecule has 1 aliphatic rings. The summed E-state index contributed by atoms with van der Waals surface area (Å²) < 4.78 is 0. The van der Waals surface area contributed by atoms with E-state index in [1.54, 1.807) is 6.20 Å². The molecule has 98 valence electrons. The Morgan fingerprint density at radius 1 is 1.11 bits per heavy atom. The van der Waals surface area contributed by atoms with E-state index in [0.717, 1.165) is 36.6 Å². The van der Waals surface area contributed by atoms with Gasteiger partial charge < -0.3 is 5.73 Å². The zero-order valence-electron chi connectivity index (χ0n) is 10.9. The van der Waals surface area contributed by atoms with Gasteiger partial charge in [-0.25, -0.2) is 0 Å². The maximum atomic E-state index is 12.8. The lowest BCUT2D eigenvalue weighted by Gasteiger charge is -2.32. The smallest absolute Gasteiger partial charge is 0.184 e. The molecule has 3 nitrogen and oxygen atoms in total. The van der Waals surface area contributed by atoms with Crippen LogP contribution in [0.2, 0.25) is 0 Å². The third kappa shape index (κ3) is 2.15. The first kappa shape index (κ1) is 12.3. The van der Waals surface area contributed by atoms with Crippen molar-refractivity contribution in [3.63, 3.8) is 0 Å². The fraction of sp³-hybridized carbons (Fsp3) is 0.375. The number of benzene rings is 1. The zero-order valence-corrected chi connectivity index (χ0v) is 10.9. The molecule has 1 aromatic carbocycles. The van der Waals surface area contributed by atoms with Gasteiger partial charge >= 0.3 is 0 Å². The second-order valence-corrected chi connectivity index (χ2v) is 5.43. The highest BCUT2D eigenvalue weighted by atomic mass is 16.1. The topological polar surface area (TPSA) is 56.0 Å². The number of aromatic nitrogens is 1. The molecule has 1 aliphatic carbocycles. The van der Waals surface area contributed by atoms with E-state index in [0.29, 0.717) is 5.56 Å². The summed E-state index contributed by atoms with van der Waals surface area (Å²) in [5.74, 6) is 0.0523. The van der Waals surface area contributed by atoms with Crippen LogP contribution in [0.1, 0.15) is 42.5 Å². The van der Waals surface area contributed by atoms with Crippen molar-refractivity contribution in [3.8, 4) is 0 Å². The van der Waals surface area contributed by atoms with Crippen molar-refractivity contribution < 1.29 is 4.79 Å². The maximum Gasteiger partial charge on any atom is 0.184 e. The van der Waals surface area contributed by atoms with E-state index in [1.807, 2.05) is 30.3 Å². The third-order valence-corrected chi connectivity index (χ3v) is 4.08. The highest BCUT2D eigenvalue weighted by Gasteiger charge is 2.36. The number of hydrogen-bond donors (Lipinski definition) is 1. The van der Waals surface area contributed by atoms with Gasteiger partial charge in [-0.3, -0.25) is 9.78 Å². The van der Waals surface area contributed by atoms with Crippen LogP contribution in [0.3, 0.4) is 0 Å². The molecule has 0 amide bonds. The number of carbonyl (C=O) groups is 1. The Hall–Kier alpha value is -1.74. The van der Waals surface area contributed by atoms with Crippen LogP contribution in [0.15, 0.2) is 36.5 Å². The molecule has 3 heteroatoms. The molecule has 1 fully saturated rings. The molecular weight excluding hydrogens is 236 g/mol. The Bertz CT molecular complexity index is 610. The van der Waals surface area contributed by atoms with E-state index < -0.39 is 5.54 Å². The van der Waals surface area contributed by atoms with Gasteiger partial charge in [0.05, 0.1) is 11.1 Å². The van der Waals surface area contributed by atoms with Gasteiger partial charge in [-0.05, 0) is 25.0 Å². The van der Waals surface area contributed by atoms with E-state index in [4.69, 9.17) is 5.73 Å². The Morgan fingerprint density at radius 3 is 2.63 bits per heavy atom. The summed E-state index contributed by atoms with van der Waals surface area (Å²) in [6.45, 7) is 0. The number of ketones is 1. The number of nitrogens with zero attached hydrogens (tertiary/aromatic N) is 1. The molecular formula is C16H18N2O. The maximum absolute atomic E-state index is 12.8. The molecule has 2 aromatic rings. The monoisotopic (exact) mass is 254 g/mol. The summed E-state index contributed by atoms with van der Waals surface area (Å²) in [5, 5.41) is 0.993. The van der Waals surface area contributed by atoms with Crippen molar-refractivity contribution in [2.75, 3.05) is 0 Å². The predicted octanol–water partition coefficient (Wildman–Crippen LogP) is 3.08. The van der Waals surface area contributed by atoms with Crippen molar-refractivity contribution >= 4 is 16.7 Å². The number of hydrogen-bond acceptors (Lipinski definition) is 3. The summed E-state index contributed by atoms with van der Waals surface area (Å²) >= 11 is 0. The predicted molar refractivity (Wildman–Crippen MR) is 76.1 cm³/mol. The Morgan fingerprint density at radius 2 is 1.84 bits per heavy atom. The second kappa shape index (κ2) is 4.74. The summed E-state index contributed by atoms with van der Waals surface area (Å²) in [5.41, 5.74) is 7.10. The van der Waals surface area contributed by atoms with Crippen LogP contribution in [0, 0.1) is 0 Å². The molecule has 1 aromatic heterocycles. The summed E-state index contributed by atoms with van der Waals surface area (Å²) in [4.78, 5) is 17.1. The quantitative estimate of drug-likeness (QED) is 0.838. The Labute approximate surface area is 112 Å². The molecule has 0 radical (unpaired) electrons. The van der Waals surface area contributed by atoms with Crippen LogP contribution < -0.4 is 5.73 Å². The average molecular weight is 254 g/mol. The molecule has 0 atom stereocenters. The number of pyridine rings is 1. The number of nitrogens with two attached hydrogens (primary N) is 1. The highest BCUT2D eigenvalue weighted by molar-refractivity contribution is 6.11. The molecule has 0 bridgehead atoms. The van der Waals surface area contributed by atoms with Crippen molar-refractivity contribution in [3.05, 3.63) is 42.1 Å². The molecule has 0 saturated heterocycles. The van der Waals surface area contributed by atoms with Crippen LogP contribution >= 0.6 is 0 Å². The highest BCUT2D eigenvalue weighted by Crippen LogP contribution is 2.30. The molecule has 2 N–H and O–H groups in total. The molecule has 0 spiro atoms. The number of carbonyl (C=O) groups excluding carboxylic acids is 1. The first-order chi connectivity index (χ1) is 9.21. The fourth-order valence-electron chi connectivity index (χ4n) is 2.97. The van der Waals surface area contributed by atoms with Gasteiger partial charge in [0, 0.05) is 17.1 Å². The fourth-order valence-corrected chi connectivity index (χ4v) is 2.97. The van der Waals surface area contributed by atoms with Gasteiger partial charge in [0.2, 0.25) is 0 Å². The van der Waals surface area contributed by atoms with Gasteiger partial charge in [0.15, 0.2) is 5.78 Å². The minimum Gasteiger partial charge on any atom is -0.319 e. The van der Waals surface area contributed by atoms with Crippen LogP contribution in [0.25, 0.3) is 10.9 Å². The lowest BCUT2D eigenvalue weighted by atomic mass is 9.77. The van der Waals surface area contributed by atoms with Crippen molar-refractivity contribution in [2.24, 2.45) is 5.73 Å². The standard InChI is InChI=1S/C16H18N2O/c17-16(9-2-1-3-10-16)15(19)13-8-4-6-12-7-5-11-18-14(12)13/h4-8,11H,1-3,9-10,17H2. The van der Waals surface area contributed by atoms with Gasteiger partial charge in [-0.15, -0.1) is 0 Å². The normalized spacial score (nSPS) is 18.4. The van der Waals surface area contributed by atoms with Crippen LogP contribution in [0.5, 0.6) is 0 Å². The van der Waals surface area contributed by atoms with Crippen molar-refractivity contribution in [2.45, 2.75) is 37.6 Å². The van der Waals surface area contributed by atoms with Crippen LogP contribution in [-0.2, 0) is 0 Å². The van der Waals surface area contributed by atoms with E-state index in [9.17, 15) is 4.79 Å². The second-order valence-electron chi connectivity index (χ2n) is 5.43. The molecule has 0 unspecified atom stereocenters. The van der Waals surface area contributed by atoms with Crippen LogP contribution in [0.4, 0.5) is 0 Å². The third-order valence-electron chi connectivity index (χ3n) is 4.08. The lowest BCUT2D eigenvalue weighted by Crippen LogP contribution is -2.49. The number of rotatable bonds is 2. The first-order valence-corrected chi connectivity index (χ1v) is 6.88. The SMILES string of the molecule is NC1(C(=O)c2cccc3cccnc23)CCCCC1.